The summed E-state index contributed by atoms with van der Waals surface area (Å²) in [4.78, 5) is 2.50. The molecule has 0 amide bonds. The smallest absolute Gasteiger partial charge is 0.148 e. The topological polar surface area (TPSA) is 35.2 Å². The van der Waals surface area contributed by atoms with Crippen molar-refractivity contribution in [2.75, 3.05) is 0 Å². The molecule has 0 spiro atoms. The van der Waals surface area contributed by atoms with Crippen LogP contribution in [-0.2, 0) is 6.42 Å². The molecule has 2 unspecified atom stereocenters. The van der Waals surface area contributed by atoms with Crippen LogP contribution in [0.25, 0.3) is 0 Å². The third-order valence-corrected chi connectivity index (χ3v) is 4.57. The Labute approximate surface area is 125 Å². The predicted molar refractivity (Wildman–Crippen MR) is 86.5 cm³/mol. The van der Waals surface area contributed by atoms with E-state index in [-0.39, 0.29) is 12.1 Å². The van der Waals surface area contributed by atoms with Gasteiger partial charge in [0.1, 0.15) is 11.9 Å². The second-order valence-electron chi connectivity index (χ2n) is 5.02. The maximum Gasteiger partial charge on any atom is 0.148 e. The second kappa shape index (κ2) is 6.91. The molecule has 3 heteroatoms. The van der Waals surface area contributed by atoms with Crippen molar-refractivity contribution in [2.45, 2.75) is 45.8 Å². The van der Waals surface area contributed by atoms with Gasteiger partial charge in [0.25, 0.3) is 0 Å². The number of benzene rings is 1. The highest BCUT2D eigenvalue weighted by Gasteiger charge is 2.22. The van der Waals surface area contributed by atoms with Crippen LogP contribution in [0, 0.1) is 6.92 Å². The molecule has 2 aromatic rings. The van der Waals surface area contributed by atoms with Gasteiger partial charge in [0.2, 0.25) is 0 Å². The fourth-order valence-electron chi connectivity index (χ4n) is 2.22. The van der Waals surface area contributed by atoms with Gasteiger partial charge in [-0.3, -0.25) is 0 Å². The van der Waals surface area contributed by atoms with Crippen LogP contribution in [0.15, 0.2) is 36.4 Å². The molecule has 2 atom stereocenters. The Balaban J connectivity index is 2.28. The zero-order valence-corrected chi connectivity index (χ0v) is 13.2. The maximum absolute atomic E-state index is 6.28. The van der Waals surface area contributed by atoms with E-state index in [1.807, 2.05) is 12.1 Å². The van der Waals surface area contributed by atoms with Crippen LogP contribution in [0.5, 0.6) is 5.75 Å². The van der Waals surface area contributed by atoms with Gasteiger partial charge in [0, 0.05) is 15.8 Å². The Hall–Kier alpha value is -1.32. The van der Waals surface area contributed by atoms with Crippen molar-refractivity contribution in [1.29, 1.82) is 0 Å². The highest BCUT2D eigenvalue weighted by atomic mass is 32.1. The SMILES string of the molecule is CCc1ccccc1OC(c1ccc(C)s1)C(N)CC. The average molecular weight is 289 g/mol. The minimum absolute atomic E-state index is 0.0120. The summed E-state index contributed by atoms with van der Waals surface area (Å²) in [7, 11) is 0. The van der Waals surface area contributed by atoms with Crippen molar-refractivity contribution >= 4 is 11.3 Å². The Morgan fingerprint density at radius 2 is 1.90 bits per heavy atom. The summed E-state index contributed by atoms with van der Waals surface area (Å²) in [5.74, 6) is 0.954. The summed E-state index contributed by atoms with van der Waals surface area (Å²) in [5, 5.41) is 0. The van der Waals surface area contributed by atoms with E-state index in [2.05, 4.69) is 45.0 Å². The summed E-state index contributed by atoms with van der Waals surface area (Å²) in [6, 6.07) is 12.5. The van der Waals surface area contributed by atoms with E-state index < -0.39 is 0 Å². The minimum atomic E-state index is -0.0635. The van der Waals surface area contributed by atoms with Crippen molar-refractivity contribution < 1.29 is 4.74 Å². The number of hydrogen-bond acceptors (Lipinski definition) is 3. The highest BCUT2D eigenvalue weighted by molar-refractivity contribution is 7.12. The lowest BCUT2D eigenvalue weighted by molar-refractivity contribution is 0.173. The summed E-state index contributed by atoms with van der Waals surface area (Å²) < 4.78 is 6.27. The van der Waals surface area contributed by atoms with E-state index in [0.717, 1.165) is 18.6 Å². The first-order valence-electron chi connectivity index (χ1n) is 7.22. The van der Waals surface area contributed by atoms with E-state index in [0.29, 0.717) is 0 Å². The molecule has 20 heavy (non-hydrogen) atoms. The molecule has 1 aromatic carbocycles. The zero-order chi connectivity index (χ0) is 14.5. The molecule has 0 saturated heterocycles. The summed E-state index contributed by atoms with van der Waals surface area (Å²) in [6.45, 7) is 6.36. The number of rotatable bonds is 6. The lowest BCUT2D eigenvalue weighted by atomic mass is 10.1. The van der Waals surface area contributed by atoms with E-state index in [1.165, 1.54) is 15.3 Å². The third kappa shape index (κ3) is 3.41. The van der Waals surface area contributed by atoms with Crippen LogP contribution in [0.2, 0.25) is 0 Å². The molecule has 0 bridgehead atoms. The van der Waals surface area contributed by atoms with Crippen LogP contribution in [-0.4, -0.2) is 6.04 Å². The number of hydrogen-bond donors (Lipinski definition) is 1. The maximum atomic E-state index is 6.28. The van der Waals surface area contributed by atoms with E-state index in [9.17, 15) is 0 Å². The van der Waals surface area contributed by atoms with E-state index in [4.69, 9.17) is 10.5 Å². The molecule has 1 aromatic heterocycles. The lowest BCUT2D eigenvalue weighted by Gasteiger charge is -2.24. The molecule has 2 N–H and O–H groups in total. The van der Waals surface area contributed by atoms with E-state index in [1.54, 1.807) is 11.3 Å². The van der Waals surface area contributed by atoms with Gasteiger partial charge in [0.05, 0.1) is 0 Å². The molecule has 0 fully saturated rings. The standard InChI is InChI=1S/C17H23NOS/c1-4-13-8-6-7-9-15(13)19-17(14(18)5-2)16-11-10-12(3)20-16/h6-11,14,17H,4-5,18H2,1-3H3. The first-order valence-corrected chi connectivity index (χ1v) is 8.03. The van der Waals surface area contributed by atoms with Crippen LogP contribution < -0.4 is 10.5 Å². The normalized spacial score (nSPS) is 14.0. The molecule has 1 heterocycles. The van der Waals surface area contributed by atoms with Gasteiger partial charge in [0.15, 0.2) is 0 Å². The molecule has 2 nitrogen and oxygen atoms in total. The molecule has 0 aliphatic heterocycles. The second-order valence-corrected chi connectivity index (χ2v) is 6.34. The third-order valence-electron chi connectivity index (χ3n) is 3.51. The Bertz CT molecular complexity index is 549. The number of aryl methyl sites for hydroxylation is 2. The van der Waals surface area contributed by atoms with Gasteiger partial charge >= 0.3 is 0 Å². The molecule has 2 rings (SSSR count). The molecule has 0 aliphatic carbocycles. The van der Waals surface area contributed by atoms with Crippen LogP contribution in [0.3, 0.4) is 0 Å². The first kappa shape index (κ1) is 15.1. The predicted octanol–water partition coefficient (Wildman–Crippen LogP) is 4.48. The molecule has 0 aliphatic rings. The summed E-state index contributed by atoms with van der Waals surface area (Å²) >= 11 is 1.77. The number of thiophene rings is 1. The highest BCUT2D eigenvalue weighted by Crippen LogP contribution is 2.32. The fraction of sp³-hybridized carbons (Fsp3) is 0.412. The Morgan fingerprint density at radius 1 is 1.15 bits per heavy atom. The first-order chi connectivity index (χ1) is 9.65. The average Bonchev–Trinajstić information content (AvgIpc) is 2.90. The van der Waals surface area contributed by atoms with Gasteiger partial charge in [-0.05, 0) is 43.5 Å². The molecule has 0 radical (unpaired) electrons. The van der Waals surface area contributed by atoms with Crippen LogP contribution in [0.1, 0.15) is 41.7 Å². The molecule has 108 valence electrons. The van der Waals surface area contributed by atoms with Crippen molar-refractivity contribution in [1.82, 2.24) is 0 Å². The molecule has 0 saturated carbocycles. The number of nitrogens with two attached hydrogens (primary N) is 1. The van der Waals surface area contributed by atoms with Crippen molar-refractivity contribution in [3.05, 3.63) is 51.7 Å². The van der Waals surface area contributed by atoms with Gasteiger partial charge < -0.3 is 10.5 Å². The number of ether oxygens (including phenoxy) is 1. The Morgan fingerprint density at radius 3 is 2.50 bits per heavy atom. The number of para-hydroxylation sites is 1. The van der Waals surface area contributed by atoms with Crippen LogP contribution >= 0.6 is 11.3 Å². The molecular weight excluding hydrogens is 266 g/mol. The largest absolute Gasteiger partial charge is 0.483 e. The zero-order valence-electron chi connectivity index (χ0n) is 12.4. The van der Waals surface area contributed by atoms with Crippen molar-refractivity contribution in [2.24, 2.45) is 5.73 Å². The monoisotopic (exact) mass is 289 g/mol. The fourth-order valence-corrected chi connectivity index (χ4v) is 3.21. The van der Waals surface area contributed by atoms with Crippen molar-refractivity contribution in [3.63, 3.8) is 0 Å². The summed E-state index contributed by atoms with van der Waals surface area (Å²) in [5.41, 5.74) is 7.51. The van der Waals surface area contributed by atoms with Gasteiger partial charge in [-0.2, -0.15) is 0 Å². The minimum Gasteiger partial charge on any atom is -0.483 e. The lowest BCUT2D eigenvalue weighted by Crippen LogP contribution is -2.31. The van der Waals surface area contributed by atoms with Crippen LogP contribution in [0.4, 0.5) is 0 Å². The van der Waals surface area contributed by atoms with Crippen molar-refractivity contribution in [3.8, 4) is 5.75 Å². The molecular formula is C17H23NOS. The Kier molecular flexibility index (Phi) is 5.21. The van der Waals surface area contributed by atoms with Gasteiger partial charge in [-0.15, -0.1) is 11.3 Å². The van der Waals surface area contributed by atoms with E-state index >= 15 is 0 Å². The van der Waals surface area contributed by atoms with Gasteiger partial charge in [-0.25, -0.2) is 0 Å². The van der Waals surface area contributed by atoms with Gasteiger partial charge in [-0.1, -0.05) is 32.0 Å². The quantitative estimate of drug-likeness (QED) is 0.851. The summed E-state index contributed by atoms with van der Waals surface area (Å²) in [6.07, 6.45) is 1.80.